The number of nitrogens with two attached hydrogens (primary N) is 1. The molecular formula is C18H11ClF6N6O5S3. The standard InChI is InChI=1S/C18H11ClF6N6O5S3/c19-11-6(28-15(26)39-11)7(30-36)12(32)27-5-3-1-2-4(8(14(34)35)31(3)13(5)33)37-16-29-9(17(20,21)22)10(38-16)18(23,24)25/h3,5,7H,1-2H2,(H2,26,28)(H,27,32)(H,34,35). The van der Waals surface area contributed by atoms with Crippen molar-refractivity contribution in [3.8, 4) is 0 Å². The maximum absolute atomic E-state index is 13.1. The Morgan fingerprint density at radius 1 is 1.21 bits per heavy atom. The van der Waals surface area contributed by atoms with E-state index in [1.165, 1.54) is 0 Å². The van der Waals surface area contributed by atoms with Crippen molar-refractivity contribution in [1.29, 1.82) is 0 Å². The van der Waals surface area contributed by atoms with Gasteiger partial charge < -0.3 is 16.2 Å². The molecule has 1 saturated heterocycles. The third-order valence-electron chi connectivity index (χ3n) is 5.48. The van der Waals surface area contributed by atoms with Crippen LogP contribution in [0.5, 0.6) is 0 Å². The second kappa shape index (κ2) is 10.2. The Morgan fingerprint density at radius 2 is 1.87 bits per heavy atom. The van der Waals surface area contributed by atoms with Crippen LogP contribution < -0.4 is 11.1 Å². The second-order valence-corrected chi connectivity index (χ2v) is 11.8. The molecule has 0 spiro atoms. The molecule has 2 aromatic rings. The number of aliphatic carboxylic acids is 1. The van der Waals surface area contributed by atoms with Crippen molar-refractivity contribution >= 4 is 69.0 Å². The smallest absolute Gasteiger partial charge is 0.434 e. The molecule has 3 atom stereocenters. The largest absolute Gasteiger partial charge is 0.477 e. The fourth-order valence-electron chi connectivity index (χ4n) is 3.91. The van der Waals surface area contributed by atoms with Crippen molar-refractivity contribution in [3.63, 3.8) is 0 Å². The lowest BCUT2D eigenvalue weighted by Gasteiger charge is -2.50. The average molecular weight is 637 g/mol. The van der Waals surface area contributed by atoms with Crippen molar-refractivity contribution in [1.82, 2.24) is 20.2 Å². The van der Waals surface area contributed by atoms with E-state index in [-0.39, 0.29) is 56.0 Å². The van der Waals surface area contributed by atoms with Crippen LogP contribution in [0.15, 0.2) is 20.1 Å². The third-order valence-corrected chi connectivity index (χ3v) is 8.89. The van der Waals surface area contributed by atoms with E-state index >= 15 is 0 Å². The topological polar surface area (TPSA) is 168 Å². The number of rotatable bonds is 7. The highest BCUT2D eigenvalue weighted by Gasteiger charge is 2.54. The van der Waals surface area contributed by atoms with Gasteiger partial charge in [-0.15, -0.1) is 16.2 Å². The molecule has 4 rings (SSSR count). The Labute approximate surface area is 229 Å². The maximum Gasteiger partial charge on any atom is 0.434 e. The lowest BCUT2D eigenvalue weighted by atomic mass is 9.86. The Bertz CT molecular complexity index is 1380. The van der Waals surface area contributed by atoms with E-state index in [1.54, 1.807) is 0 Å². The lowest BCUT2D eigenvalue weighted by Crippen LogP contribution is -2.71. The summed E-state index contributed by atoms with van der Waals surface area (Å²) in [5, 5.41) is 14.6. The van der Waals surface area contributed by atoms with E-state index in [1.807, 2.05) is 0 Å². The number of hydrogen-bond acceptors (Lipinski definition) is 11. The van der Waals surface area contributed by atoms with E-state index in [0.717, 1.165) is 16.2 Å². The minimum atomic E-state index is -5.41. The maximum atomic E-state index is 13.1. The van der Waals surface area contributed by atoms with E-state index in [9.17, 15) is 50.7 Å². The number of halogens is 7. The summed E-state index contributed by atoms with van der Waals surface area (Å²) in [6.45, 7) is 0. The molecular weight excluding hydrogens is 626 g/mol. The molecule has 4 heterocycles. The number of carbonyl (C=O) groups excluding carboxylic acids is 2. The number of nitroso groups, excluding NO2 is 1. The Balaban J connectivity index is 1.57. The van der Waals surface area contributed by atoms with Crippen LogP contribution in [0, 0.1) is 4.91 Å². The molecule has 0 bridgehead atoms. The first kappa shape index (κ1) is 29.0. The first-order chi connectivity index (χ1) is 18.0. The van der Waals surface area contributed by atoms with E-state index in [2.05, 4.69) is 20.5 Å². The van der Waals surface area contributed by atoms with Crippen molar-refractivity contribution in [3.05, 3.63) is 36.1 Å². The first-order valence-corrected chi connectivity index (χ1v) is 13.0. The number of allylic oxidation sites excluding steroid dienone is 1. The fourth-order valence-corrected chi connectivity index (χ4v) is 7.14. The van der Waals surface area contributed by atoms with Gasteiger partial charge in [-0.25, -0.2) is 14.8 Å². The number of aromatic nitrogens is 2. The van der Waals surface area contributed by atoms with E-state index in [0.29, 0.717) is 0 Å². The summed E-state index contributed by atoms with van der Waals surface area (Å²) in [4.78, 5) is 54.1. The van der Waals surface area contributed by atoms with Crippen LogP contribution >= 0.6 is 46.0 Å². The molecule has 2 amide bonds. The lowest BCUT2D eigenvalue weighted by molar-refractivity contribution is -0.162. The molecule has 11 nitrogen and oxygen atoms in total. The number of amides is 2. The molecule has 4 N–H and O–H groups in total. The van der Waals surface area contributed by atoms with Crippen LogP contribution in [-0.4, -0.2) is 49.8 Å². The number of thiazole rings is 2. The van der Waals surface area contributed by atoms with E-state index < -0.39 is 68.9 Å². The molecule has 0 radical (unpaired) electrons. The molecule has 39 heavy (non-hydrogen) atoms. The quantitative estimate of drug-likeness (QED) is 0.228. The van der Waals surface area contributed by atoms with Gasteiger partial charge in [0.2, 0.25) is 6.04 Å². The molecule has 0 saturated carbocycles. The zero-order chi connectivity index (χ0) is 29.0. The minimum Gasteiger partial charge on any atom is -0.477 e. The summed E-state index contributed by atoms with van der Waals surface area (Å²) in [6, 6.07) is -4.01. The van der Waals surface area contributed by atoms with Gasteiger partial charge in [0.15, 0.2) is 15.2 Å². The Kier molecular flexibility index (Phi) is 7.60. The zero-order valence-electron chi connectivity index (χ0n) is 18.5. The number of thioether (sulfide) groups is 1. The number of carboxylic acids is 1. The average Bonchev–Trinajstić information content (AvgIpc) is 3.40. The van der Waals surface area contributed by atoms with E-state index in [4.69, 9.17) is 17.3 Å². The van der Waals surface area contributed by atoms with Gasteiger partial charge in [-0.05, 0) is 18.0 Å². The number of carboxylic acid groups (broad SMARTS) is 1. The number of fused-ring (bicyclic) bond motifs is 1. The molecule has 0 aromatic carbocycles. The van der Waals surface area contributed by atoms with Crippen LogP contribution in [0.2, 0.25) is 4.34 Å². The summed E-state index contributed by atoms with van der Waals surface area (Å²) < 4.78 is 77.9. The van der Waals surface area contributed by atoms with Gasteiger partial charge in [0.05, 0.1) is 6.04 Å². The van der Waals surface area contributed by atoms with Crippen LogP contribution in [0.4, 0.5) is 31.5 Å². The highest BCUT2D eigenvalue weighted by atomic mass is 35.5. The predicted molar refractivity (Wildman–Crippen MR) is 125 cm³/mol. The SMILES string of the molecule is Nc1nc(C(N=O)C(=O)NC2C(=O)N3C(C(=O)O)=C(Sc4nc(C(F)(F)F)c(C(F)(F)F)s4)CCC23)c(Cl)s1. The number of carbonyl (C=O) groups is 3. The van der Waals surface area contributed by atoms with Gasteiger partial charge in [0, 0.05) is 4.91 Å². The molecule has 210 valence electrons. The monoisotopic (exact) mass is 636 g/mol. The summed E-state index contributed by atoms with van der Waals surface area (Å²) in [5.74, 6) is -3.69. The molecule has 1 fully saturated rings. The van der Waals surface area contributed by atoms with Crippen LogP contribution in [0.25, 0.3) is 0 Å². The fraction of sp³-hybridized carbons (Fsp3) is 0.389. The summed E-state index contributed by atoms with van der Waals surface area (Å²) >= 11 is 6.64. The Hall–Kier alpha value is -2.97. The summed E-state index contributed by atoms with van der Waals surface area (Å²) in [6.07, 6.45) is -11.0. The third kappa shape index (κ3) is 5.41. The second-order valence-electron chi connectivity index (χ2n) is 7.85. The Morgan fingerprint density at radius 3 is 2.36 bits per heavy atom. The first-order valence-electron chi connectivity index (χ1n) is 10.2. The van der Waals surface area contributed by atoms with Gasteiger partial charge in [-0.3, -0.25) is 14.5 Å². The van der Waals surface area contributed by atoms with Crippen molar-refractivity contribution in [2.45, 2.75) is 47.7 Å². The number of β-lactam (4-membered cyclic amide) rings is 1. The van der Waals surface area contributed by atoms with Crippen LogP contribution in [0.3, 0.4) is 0 Å². The van der Waals surface area contributed by atoms with Gasteiger partial charge in [0.25, 0.3) is 11.8 Å². The number of anilines is 1. The molecule has 0 aliphatic carbocycles. The molecule has 2 aliphatic heterocycles. The number of nitrogens with one attached hydrogen (secondary N) is 1. The summed E-state index contributed by atoms with van der Waals surface area (Å²) in [7, 11) is 0. The van der Waals surface area contributed by atoms with Crippen LogP contribution in [-0.2, 0) is 26.7 Å². The normalized spacial score (nSPS) is 20.4. The van der Waals surface area contributed by atoms with Crippen molar-refractivity contribution in [2.24, 2.45) is 5.18 Å². The van der Waals surface area contributed by atoms with Gasteiger partial charge in [-0.1, -0.05) is 34.7 Å². The number of nitrogen functional groups attached to an aromatic ring is 1. The van der Waals surface area contributed by atoms with Crippen LogP contribution in [0.1, 0.15) is 35.1 Å². The number of hydrogen-bond donors (Lipinski definition) is 3. The molecule has 2 aromatic heterocycles. The van der Waals surface area contributed by atoms with Gasteiger partial charge in [-0.2, -0.15) is 26.3 Å². The molecule has 2 aliphatic rings. The number of alkyl halides is 6. The van der Waals surface area contributed by atoms with Crippen molar-refractivity contribution in [2.75, 3.05) is 5.73 Å². The molecule has 3 unspecified atom stereocenters. The predicted octanol–water partition coefficient (Wildman–Crippen LogP) is 4.26. The highest BCUT2D eigenvalue weighted by molar-refractivity contribution is 8.04. The van der Waals surface area contributed by atoms with Crippen molar-refractivity contribution < 1.29 is 45.8 Å². The van der Waals surface area contributed by atoms with Gasteiger partial charge >= 0.3 is 18.3 Å². The summed E-state index contributed by atoms with van der Waals surface area (Å²) in [5.41, 5.74) is 2.41. The highest BCUT2D eigenvalue weighted by Crippen LogP contribution is 2.49. The van der Waals surface area contributed by atoms with Gasteiger partial charge in [0.1, 0.15) is 26.6 Å². The zero-order valence-corrected chi connectivity index (χ0v) is 21.7. The molecule has 21 heteroatoms. The number of nitrogens with zero attached hydrogens (tertiary/aromatic N) is 4. The minimum absolute atomic E-state index is 0.0248.